The first-order valence-corrected chi connectivity index (χ1v) is 12.1. The molecule has 4 nitrogen and oxygen atoms in total. The fraction of sp³-hybridized carbons (Fsp3) is 0.333. The summed E-state index contributed by atoms with van der Waals surface area (Å²) < 4.78 is 6.93. The smallest absolute Gasteiger partial charge is 0.244 e. The quantitative estimate of drug-likeness (QED) is 0.318. The second kappa shape index (κ2) is 8.70. The molecule has 0 aliphatic heterocycles. The predicted octanol–water partition coefficient (Wildman–Crippen LogP) is 6.46. The van der Waals surface area contributed by atoms with Crippen LogP contribution in [0.2, 0.25) is 0 Å². The lowest BCUT2D eigenvalue weighted by molar-refractivity contribution is -0.123. The van der Waals surface area contributed by atoms with Crippen LogP contribution in [-0.4, -0.2) is 12.1 Å². The zero-order valence-electron chi connectivity index (χ0n) is 18.2. The Morgan fingerprint density at radius 2 is 2.03 bits per heavy atom. The molecule has 164 valence electrons. The zero-order chi connectivity index (χ0) is 22.1. The SMILES string of the molecule is C[C@]12CCCC[C@H]1[C@H]2C(=O)N/N=C\c1ccc(OCc2cccc3ccccc23)c(Br)c1. The molecule has 0 spiro atoms. The molecule has 5 rings (SSSR count). The van der Waals surface area contributed by atoms with Crippen molar-refractivity contribution in [2.24, 2.45) is 22.4 Å². The van der Waals surface area contributed by atoms with Crippen molar-refractivity contribution in [3.63, 3.8) is 0 Å². The summed E-state index contributed by atoms with van der Waals surface area (Å²) in [4.78, 5) is 12.5. The Balaban J connectivity index is 1.19. The van der Waals surface area contributed by atoms with E-state index in [0.717, 1.165) is 27.8 Å². The zero-order valence-corrected chi connectivity index (χ0v) is 19.8. The largest absolute Gasteiger partial charge is 0.488 e. The molecule has 0 saturated heterocycles. The fourth-order valence-corrected chi connectivity index (χ4v) is 5.89. The number of nitrogens with zero attached hydrogens (tertiary/aromatic N) is 1. The van der Waals surface area contributed by atoms with Crippen LogP contribution in [0.4, 0.5) is 0 Å². The Morgan fingerprint density at radius 3 is 2.84 bits per heavy atom. The summed E-state index contributed by atoms with van der Waals surface area (Å²) in [7, 11) is 0. The van der Waals surface area contributed by atoms with Crippen LogP contribution in [-0.2, 0) is 11.4 Å². The van der Waals surface area contributed by atoms with Gasteiger partial charge in [0.2, 0.25) is 5.91 Å². The Kier molecular flexibility index (Phi) is 5.76. The van der Waals surface area contributed by atoms with Crippen LogP contribution in [0.1, 0.15) is 43.7 Å². The topological polar surface area (TPSA) is 50.7 Å². The third-order valence-corrected chi connectivity index (χ3v) is 7.84. The standard InChI is InChI=1S/C27H27BrN2O2/c1-27-14-5-4-11-22(27)25(27)26(31)30-29-16-18-12-13-24(23(28)15-18)32-17-20-9-6-8-19-7-2-3-10-21(19)20/h2-3,6-10,12-13,15-16,22,25H,4-5,11,14,17H2,1H3,(H,30,31)/b29-16-/t22-,25-,27-/m0/s1. The number of halogens is 1. The highest BCUT2D eigenvalue weighted by Gasteiger charge is 2.64. The number of hydrogen-bond acceptors (Lipinski definition) is 3. The third-order valence-electron chi connectivity index (χ3n) is 7.22. The van der Waals surface area contributed by atoms with Crippen molar-refractivity contribution < 1.29 is 9.53 Å². The first-order valence-electron chi connectivity index (χ1n) is 11.3. The van der Waals surface area contributed by atoms with Gasteiger partial charge in [0.1, 0.15) is 12.4 Å². The average Bonchev–Trinajstić information content (AvgIpc) is 3.44. The van der Waals surface area contributed by atoms with E-state index in [2.05, 4.69) is 63.7 Å². The Morgan fingerprint density at radius 1 is 1.19 bits per heavy atom. The Labute approximate surface area is 197 Å². The van der Waals surface area contributed by atoms with Crippen LogP contribution >= 0.6 is 15.9 Å². The number of hydrazone groups is 1. The molecule has 5 heteroatoms. The molecule has 2 fully saturated rings. The number of ether oxygens (including phenoxy) is 1. The molecule has 32 heavy (non-hydrogen) atoms. The molecule has 2 aliphatic carbocycles. The van der Waals surface area contributed by atoms with Gasteiger partial charge in [0.15, 0.2) is 0 Å². The molecule has 1 N–H and O–H groups in total. The van der Waals surface area contributed by atoms with Crippen LogP contribution in [0.3, 0.4) is 0 Å². The first kappa shape index (κ1) is 21.2. The van der Waals surface area contributed by atoms with Crippen LogP contribution in [0.15, 0.2) is 70.2 Å². The minimum absolute atomic E-state index is 0.0600. The first-order chi connectivity index (χ1) is 15.6. The second-order valence-electron chi connectivity index (χ2n) is 9.19. The normalized spacial score (nSPS) is 24.3. The maximum absolute atomic E-state index is 12.5. The molecule has 0 bridgehead atoms. The Hall–Kier alpha value is -2.66. The molecule has 0 heterocycles. The van der Waals surface area contributed by atoms with Crippen molar-refractivity contribution in [3.05, 3.63) is 76.3 Å². The second-order valence-corrected chi connectivity index (χ2v) is 10.0. The maximum atomic E-state index is 12.5. The summed E-state index contributed by atoms with van der Waals surface area (Å²) in [6.45, 7) is 2.74. The number of carbonyl (C=O) groups excluding carboxylic acids is 1. The Bertz CT molecular complexity index is 1190. The number of amides is 1. The van der Waals surface area contributed by atoms with Gasteiger partial charge in [-0.25, -0.2) is 5.43 Å². The van der Waals surface area contributed by atoms with Crippen molar-refractivity contribution in [2.75, 3.05) is 0 Å². The van der Waals surface area contributed by atoms with Gasteiger partial charge in [-0.15, -0.1) is 0 Å². The van der Waals surface area contributed by atoms with Crippen LogP contribution in [0.25, 0.3) is 10.8 Å². The van der Waals surface area contributed by atoms with E-state index in [1.165, 1.54) is 30.0 Å². The maximum Gasteiger partial charge on any atom is 0.244 e. The highest BCUT2D eigenvalue weighted by atomic mass is 79.9. The highest BCUT2D eigenvalue weighted by Crippen LogP contribution is 2.66. The van der Waals surface area contributed by atoms with Crippen molar-refractivity contribution in [3.8, 4) is 5.75 Å². The van der Waals surface area contributed by atoms with E-state index in [0.29, 0.717) is 12.5 Å². The lowest BCUT2D eigenvalue weighted by Gasteiger charge is -2.15. The van der Waals surface area contributed by atoms with Crippen molar-refractivity contribution in [1.29, 1.82) is 0 Å². The van der Waals surface area contributed by atoms with Gasteiger partial charge in [-0.2, -0.15) is 5.10 Å². The summed E-state index contributed by atoms with van der Waals surface area (Å²) in [5.74, 6) is 1.50. The van der Waals surface area contributed by atoms with E-state index in [4.69, 9.17) is 4.74 Å². The van der Waals surface area contributed by atoms with Crippen LogP contribution in [0.5, 0.6) is 5.75 Å². The summed E-state index contributed by atoms with van der Waals surface area (Å²) >= 11 is 3.60. The van der Waals surface area contributed by atoms with E-state index < -0.39 is 0 Å². The third kappa shape index (κ3) is 4.06. The van der Waals surface area contributed by atoms with Gasteiger partial charge in [-0.05, 0) is 80.2 Å². The van der Waals surface area contributed by atoms with Gasteiger partial charge in [0.05, 0.1) is 10.7 Å². The van der Waals surface area contributed by atoms with Crippen molar-refractivity contribution in [1.82, 2.24) is 5.43 Å². The van der Waals surface area contributed by atoms with Crippen molar-refractivity contribution in [2.45, 2.75) is 39.2 Å². The molecule has 3 atom stereocenters. The fourth-order valence-electron chi connectivity index (χ4n) is 5.38. The van der Waals surface area contributed by atoms with E-state index in [1.54, 1.807) is 6.21 Å². The predicted molar refractivity (Wildman–Crippen MR) is 132 cm³/mol. The number of benzene rings is 3. The number of rotatable bonds is 6. The van der Waals surface area contributed by atoms with Crippen LogP contribution in [0, 0.1) is 17.3 Å². The van der Waals surface area contributed by atoms with E-state index in [-0.39, 0.29) is 17.2 Å². The monoisotopic (exact) mass is 490 g/mol. The van der Waals surface area contributed by atoms with E-state index in [1.807, 2.05) is 30.3 Å². The molecular formula is C27H27BrN2O2. The molecule has 0 radical (unpaired) electrons. The molecule has 3 aromatic carbocycles. The van der Waals surface area contributed by atoms with Gasteiger partial charge in [0, 0.05) is 5.92 Å². The number of hydrogen-bond donors (Lipinski definition) is 1. The molecule has 0 aromatic heterocycles. The minimum atomic E-state index is 0.0600. The van der Waals surface area contributed by atoms with E-state index in [9.17, 15) is 4.79 Å². The van der Waals surface area contributed by atoms with E-state index >= 15 is 0 Å². The summed E-state index contributed by atoms with van der Waals surface area (Å²) in [5.41, 5.74) is 5.00. The molecule has 3 aromatic rings. The van der Waals surface area contributed by atoms with Gasteiger partial charge in [-0.3, -0.25) is 4.79 Å². The number of fused-ring (bicyclic) bond motifs is 2. The summed E-state index contributed by atoms with van der Waals surface area (Å²) in [6.07, 6.45) is 6.50. The highest BCUT2D eigenvalue weighted by molar-refractivity contribution is 9.10. The average molecular weight is 491 g/mol. The van der Waals surface area contributed by atoms with Crippen LogP contribution < -0.4 is 10.2 Å². The molecular weight excluding hydrogens is 464 g/mol. The minimum Gasteiger partial charge on any atom is -0.488 e. The lowest BCUT2D eigenvalue weighted by atomic mass is 9.90. The molecule has 1 amide bonds. The lowest BCUT2D eigenvalue weighted by Crippen LogP contribution is -2.22. The molecule has 2 saturated carbocycles. The van der Waals surface area contributed by atoms with Gasteiger partial charge in [0.25, 0.3) is 0 Å². The molecule has 0 unspecified atom stereocenters. The summed E-state index contributed by atoms with van der Waals surface area (Å²) in [6, 6.07) is 20.4. The number of nitrogens with one attached hydrogen (secondary N) is 1. The van der Waals surface area contributed by atoms with Crippen molar-refractivity contribution >= 4 is 38.8 Å². The number of carbonyl (C=O) groups is 1. The molecule has 2 aliphatic rings. The van der Waals surface area contributed by atoms with Gasteiger partial charge in [-0.1, -0.05) is 62.2 Å². The summed E-state index contributed by atoms with van der Waals surface area (Å²) in [5, 5.41) is 6.62. The van der Waals surface area contributed by atoms with Gasteiger partial charge >= 0.3 is 0 Å². The van der Waals surface area contributed by atoms with Gasteiger partial charge < -0.3 is 4.74 Å².